The van der Waals surface area contributed by atoms with Crippen LogP contribution in [0.3, 0.4) is 0 Å². The second-order valence-corrected chi connectivity index (χ2v) is 9.46. The number of amides is 1. The maximum atomic E-state index is 13.2. The standard InChI is InChI=1S/C27H21ClN2O3S/c1-17-6-4-9-20(12-17)32-16-23-22-10-2-3-11-24(22)33-25(23)26(31)30-27-29-15-21(34-27)14-18-7-5-8-19(28)13-18/h2-13,15H,14,16H2,1H3,(H,29,30,31). The molecule has 0 radical (unpaired) electrons. The monoisotopic (exact) mass is 488 g/mol. The number of nitrogens with zero attached hydrogens (tertiary/aromatic N) is 1. The van der Waals surface area contributed by atoms with Crippen molar-refractivity contribution in [3.8, 4) is 5.75 Å². The van der Waals surface area contributed by atoms with Crippen molar-refractivity contribution >= 4 is 44.9 Å². The van der Waals surface area contributed by atoms with Crippen molar-refractivity contribution in [3.63, 3.8) is 0 Å². The van der Waals surface area contributed by atoms with Gasteiger partial charge in [-0.1, -0.05) is 54.1 Å². The number of carbonyl (C=O) groups excluding carboxylic acids is 1. The number of furan rings is 1. The molecule has 0 fully saturated rings. The first-order valence-electron chi connectivity index (χ1n) is 10.8. The van der Waals surface area contributed by atoms with E-state index in [1.54, 1.807) is 6.20 Å². The summed E-state index contributed by atoms with van der Waals surface area (Å²) in [6.07, 6.45) is 2.45. The summed E-state index contributed by atoms with van der Waals surface area (Å²) < 4.78 is 11.9. The summed E-state index contributed by atoms with van der Waals surface area (Å²) in [5, 5.41) is 4.93. The first-order valence-corrected chi connectivity index (χ1v) is 11.9. The number of hydrogen-bond donors (Lipinski definition) is 1. The molecule has 0 bridgehead atoms. The number of benzene rings is 3. The van der Waals surface area contributed by atoms with Crippen LogP contribution in [0, 0.1) is 6.92 Å². The minimum atomic E-state index is -0.359. The highest BCUT2D eigenvalue weighted by molar-refractivity contribution is 7.15. The van der Waals surface area contributed by atoms with Crippen LogP contribution in [0.1, 0.15) is 32.1 Å². The molecule has 0 saturated heterocycles. The molecule has 5 rings (SSSR count). The molecular weight excluding hydrogens is 468 g/mol. The van der Waals surface area contributed by atoms with Gasteiger partial charge < -0.3 is 9.15 Å². The minimum absolute atomic E-state index is 0.209. The summed E-state index contributed by atoms with van der Waals surface area (Å²) in [4.78, 5) is 18.6. The van der Waals surface area contributed by atoms with Gasteiger partial charge in [0.05, 0.1) is 0 Å². The van der Waals surface area contributed by atoms with Gasteiger partial charge in [0.25, 0.3) is 5.91 Å². The van der Waals surface area contributed by atoms with Gasteiger partial charge in [-0.15, -0.1) is 11.3 Å². The van der Waals surface area contributed by atoms with Crippen LogP contribution >= 0.6 is 22.9 Å². The molecule has 1 N–H and O–H groups in total. The average Bonchev–Trinajstić information content (AvgIpc) is 3.42. The minimum Gasteiger partial charge on any atom is -0.489 e. The molecule has 34 heavy (non-hydrogen) atoms. The number of rotatable bonds is 7. The second-order valence-electron chi connectivity index (χ2n) is 7.90. The van der Waals surface area contributed by atoms with Gasteiger partial charge in [0.15, 0.2) is 10.9 Å². The zero-order chi connectivity index (χ0) is 23.5. The molecule has 0 aliphatic heterocycles. The Morgan fingerprint density at radius 1 is 1.09 bits per heavy atom. The smallest absolute Gasteiger partial charge is 0.293 e. The third kappa shape index (κ3) is 4.98. The van der Waals surface area contributed by atoms with E-state index in [0.29, 0.717) is 27.7 Å². The van der Waals surface area contributed by atoms with Crippen molar-refractivity contribution in [1.29, 1.82) is 0 Å². The molecule has 3 aromatic carbocycles. The summed E-state index contributed by atoms with van der Waals surface area (Å²) in [5.41, 5.74) is 3.52. The molecule has 7 heteroatoms. The van der Waals surface area contributed by atoms with Gasteiger partial charge in [-0.2, -0.15) is 0 Å². The predicted octanol–water partition coefficient (Wildman–Crippen LogP) is 7.27. The maximum Gasteiger partial charge on any atom is 0.293 e. The first-order chi connectivity index (χ1) is 16.5. The van der Waals surface area contributed by atoms with E-state index < -0.39 is 0 Å². The molecule has 0 atom stereocenters. The molecule has 2 aromatic heterocycles. The summed E-state index contributed by atoms with van der Waals surface area (Å²) in [6.45, 7) is 2.22. The van der Waals surface area contributed by atoms with E-state index in [1.807, 2.05) is 79.7 Å². The lowest BCUT2D eigenvalue weighted by Crippen LogP contribution is -2.13. The number of aromatic nitrogens is 1. The largest absolute Gasteiger partial charge is 0.489 e. The number of halogens is 1. The zero-order valence-electron chi connectivity index (χ0n) is 18.4. The second kappa shape index (κ2) is 9.71. The number of anilines is 1. The lowest BCUT2D eigenvalue weighted by atomic mass is 10.1. The van der Waals surface area contributed by atoms with Gasteiger partial charge in [-0.25, -0.2) is 4.98 Å². The van der Waals surface area contributed by atoms with Gasteiger partial charge in [0.2, 0.25) is 0 Å². The predicted molar refractivity (Wildman–Crippen MR) is 136 cm³/mol. The highest BCUT2D eigenvalue weighted by Crippen LogP contribution is 2.29. The summed E-state index contributed by atoms with van der Waals surface area (Å²) >= 11 is 7.51. The van der Waals surface area contributed by atoms with E-state index >= 15 is 0 Å². The Balaban J connectivity index is 1.36. The fraction of sp³-hybridized carbons (Fsp3) is 0.111. The van der Waals surface area contributed by atoms with Gasteiger partial charge in [0, 0.05) is 33.5 Å². The summed E-state index contributed by atoms with van der Waals surface area (Å²) in [5.74, 6) is 0.602. The van der Waals surface area contributed by atoms with Crippen molar-refractivity contribution in [2.45, 2.75) is 20.0 Å². The SMILES string of the molecule is Cc1cccc(OCc2c(C(=O)Nc3ncc(Cc4cccc(Cl)c4)s3)oc3ccccc23)c1. The molecule has 0 spiro atoms. The van der Waals surface area contributed by atoms with E-state index in [9.17, 15) is 4.79 Å². The number of fused-ring (bicyclic) bond motifs is 1. The molecule has 1 amide bonds. The highest BCUT2D eigenvalue weighted by Gasteiger charge is 2.22. The number of para-hydroxylation sites is 1. The average molecular weight is 489 g/mol. The van der Waals surface area contributed by atoms with Gasteiger partial charge in [0.1, 0.15) is 17.9 Å². The number of thiazole rings is 1. The molecule has 0 saturated carbocycles. The number of aryl methyl sites for hydroxylation is 1. The van der Waals surface area contributed by atoms with E-state index in [1.165, 1.54) is 11.3 Å². The van der Waals surface area contributed by atoms with Crippen LogP contribution in [0.4, 0.5) is 5.13 Å². The molecular formula is C27H21ClN2O3S. The number of hydrogen-bond acceptors (Lipinski definition) is 5. The Morgan fingerprint density at radius 3 is 2.79 bits per heavy atom. The third-order valence-electron chi connectivity index (χ3n) is 5.32. The van der Waals surface area contributed by atoms with Crippen LogP contribution in [-0.2, 0) is 13.0 Å². The molecule has 5 nitrogen and oxygen atoms in total. The normalized spacial score (nSPS) is 11.0. The molecule has 0 aliphatic rings. The zero-order valence-corrected chi connectivity index (χ0v) is 20.0. The fourth-order valence-electron chi connectivity index (χ4n) is 3.74. The van der Waals surface area contributed by atoms with Crippen molar-refractivity contribution < 1.29 is 13.9 Å². The Hall–Kier alpha value is -3.61. The van der Waals surface area contributed by atoms with Crippen molar-refractivity contribution in [2.24, 2.45) is 0 Å². The summed E-state index contributed by atoms with van der Waals surface area (Å²) in [6, 6.07) is 23.1. The summed E-state index contributed by atoms with van der Waals surface area (Å²) in [7, 11) is 0. The Bertz CT molecular complexity index is 1470. The Morgan fingerprint density at radius 2 is 1.94 bits per heavy atom. The van der Waals surface area contributed by atoms with Crippen LogP contribution in [0.5, 0.6) is 5.75 Å². The van der Waals surface area contributed by atoms with Crippen LogP contribution in [0.15, 0.2) is 83.4 Å². The van der Waals surface area contributed by atoms with Crippen LogP contribution in [0.2, 0.25) is 5.02 Å². The van der Waals surface area contributed by atoms with Crippen LogP contribution < -0.4 is 10.1 Å². The van der Waals surface area contributed by atoms with E-state index in [-0.39, 0.29) is 18.3 Å². The van der Waals surface area contributed by atoms with E-state index in [4.69, 9.17) is 20.8 Å². The first kappa shape index (κ1) is 22.2. The Kier molecular flexibility index (Phi) is 6.34. The van der Waals surface area contributed by atoms with Gasteiger partial charge in [-0.3, -0.25) is 10.1 Å². The molecule has 2 heterocycles. The van der Waals surface area contributed by atoms with E-state index in [0.717, 1.165) is 27.1 Å². The number of ether oxygens (including phenoxy) is 1. The van der Waals surface area contributed by atoms with Crippen molar-refractivity contribution in [1.82, 2.24) is 4.98 Å². The van der Waals surface area contributed by atoms with Crippen molar-refractivity contribution in [2.75, 3.05) is 5.32 Å². The maximum absolute atomic E-state index is 13.2. The Labute approximate surface area is 206 Å². The molecule has 5 aromatic rings. The van der Waals surface area contributed by atoms with Crippen molar-refractivity contribution in [3.05, 3.63) is 111 Å². The lowest BCUT2D eigenvalue weighted by molar-refractivity contribution is 0.0995. The van der Waals surface area contributed by atoms with Gasteiger partial charge >= 0.3 is 0 Å². The van der Waals surface area contributed by atoms with Gasteiger partial charge in [-0.05, 0) is 48.4 Å². The van der Waals surface area contributed by atoms with E-state index in [2.05, 4.69) is 10.3 Å². The fourth-order valence-corrected chi connectivity index (χ4v) is 4.79. The number of carbonyl (C=O) groups is 1. The molecule has 0 aliphatic carbocycles. The van der Waals surface area contributed by atoms with Crippen LogP contribution in [-0.4, -0.2) is 10.9 Å². The topological polar surface area (TPSA) is 64.4 Å². The van der Waals surface area contributed by atoms with Crippen LogP contribution in [0.25, 0.3) is 11.0 Å². The number of nitrogens with one attached hydrogen (secondary N) is 1. The molecule has 170 valence electrons. The highest BCUT2D eigenvalue weighted by atomic mass is 35.5. The molecule has 0 unspecified atom stereocenters. The lowest BCUT2D eigenvalue weighted by Gasteiger charge is -2.07. The quantitative estimate of drug-likeness (QED) is 0.261. The third-order valence-corrected chi connectivity index (χ3v) is 6.47.